The number of piperazine rings is 1. The molecule has 0 bridgehead atoms. The van der Waals surface area contributed by atoms with Gasteiger partial charge in [-0.15, -0.1) is 0 Å². The molecule has 2 aliphatic rings. The number of hydrogen-bond donors (Lipinski definition) is 1. The highest BCUT2D eigenvalue weighted by Gasteiger charge is 2.35. The Bertz CT molecular complexity index is 1050. The first-order valence-corrected chi connectivity index (χ1v) is 11.9. The highest BCUT2D eigenvalue weighted by atomic mass is 16.5. The molecule has 2 saturated heterocycles. The van der Waals surface area contributed by atoms with Gasteiger partial charge in [0.15, 0.2) is 0 Å². The number of nitrogens with one attached hydrogen (secondary N) is 1. The third-order valence-corrected chi connectivity index (χ3v) is 6.59. The number of amides is 3. The highest BCUT2D eigenvalue weighted by Crippen LogP contribution is 2.26. The smallest absolute Gasteiger partial charge is 0.257 e. The minimum atomic E-state index is -0.336. The van der Waals surface area contributed by atoms with Crippen molar-refractivity contribution in [3.63, 3.8) is 0 Å². The maximum absolute atomic E-state index is 13.0. The van der Waals surface area contributed by atoms with Gasteiger partial charge in [-0.25, -0.2) is 0 Å². The summed E-state index contributed by atoms with van der Waals surface area (Å²) in [4.78, 5) is 43.7. The highest BCUT2D eigenvalue weighted by molar-refractivity contribution is 6.00. The normalized spacial score (nSPS) is 18.5. The molecule has 1 N–H and O–H groups in total. The molecule has 9 heteroatoms. The van der Waals surface area contributed by atoms with Gasteiger partial charge in [0.05, 0.1) is 25.7 Å². The molecule has 0 aliphatic carbocycles. The number of carbonyl (C=O) groups is 3. The lowest BCUT2D eigenvalue weighted by atomic mass is 10.1. The average molecular weight is 481 g/mol. The SMILES string of the molecule is COc1ccc(C(=O)N2CCN(CCNC(=O)C3CC(=O)N(c4ccccc4)C3)CC2)c(OC)c1. The summed E-state index contributed by atoms with van der Waals surface area (Å²) in [6.45, 7) is 4.27. The Kier molecular flexibility index (Phi) is 7.87. The summed E-state index contributed by atoms with van der Waals surface area (Å²) in [7, 11) is 3.11. The van der Waals surface area contributed by atoms with E-state index in [0.717, 1.165) is 18.8 Å². The second kappa shape index (κ2) is 11.2. The molecule has 2 aromatic carbocycles. The Balaban J connectivity index is 1.21. The van der Waals surface area contributed by atoms with Crippen LogP contribution in [0.25, 0.3) is 0 Å². The maximum atomic E-state index is 13.0. The van der Waals surface area contributed by atoms with Crippen molar-refractivity contribution in [2.75, 3.05) is 64.9 Å². The Morgan fingerprint density at radius 1 is 1.00 bits per heavy atom. The van der Waals surface area contributed by atoms with Gasteiger partial charge in [0, 0.05) is 64.0 Å². The largest absolute Gasteiger partial charge is 0.497 e. The lowest BCUT2D eigenvalue weighted by Crippen LogP contribution is -2.50. The summed E-state index contributed by atoms with van der Waals surface area (Å²) in [5, 5.41) is 2.98. The standard InChI is InChI=1S/C26H32N4O5/c1-34-21-8-9-22(23(17-21)35-2)26(33)29-14-12-28(13-15-29)11-10-27-25(32)19-16-24(31)30(18-19)20-6-4-3-5-7-20/h3-9,17,19H,10-16,18H2,1-2H3,(H,27,32). The van der Waals surface area contributed by atoms with E-state index in [1.54, 1.807) is 37.3 Å². The van der Waals surface area contributed by atoms with E-state index < -0.39 is 0 Å². The van der Waals surface area contributed by atoms with Crippen molar-refractivity contribution in [3.8, 4) is 11.5 Å². The van der Waals surface area contributed by atoms with Crippen molar-refractivity contribution in [1.82, 2.24) is 15.1 Å². The van der Waals surface area contributed by atoms with E-state index in [9.17, 15) is 14.4 Å². The molecule has 0 aromatic heterocycles. The van der Waals surface area contributed by atoms with Gasteiger partial charge < -0.3 is 24.6 Å². The number of methoxy groups -OCH3 is 2. The molecule has 3 amide bonds. The molecule has 0 radical (unpaired) electrons. The first-order valence-electron chi connectivity index (χ1n) is 11.9. The molecule has 2 aromatic rings. The van der Waals surface area contributed by atoms with Crippen LogP contribution < -0.4 is 19.7 Å². The first kappa shape index (κ1) is 24.5. The number of nitrogens with zero attached hydrogens (tertiary/aromatic N) is 3. The molecule has 0 saturated carbocycles. The van der Waals surface area contributed by atoms with E-state index in [0.29, 0.717) is 49.8 Å². The summed E-state index contributed by atoms with van der Waals surface area (Å²) in [6, 6.07) is 14.6. The maximum Gasteiger partial charge on any atom is 0.257 e. The second-order valence-electron chi connectivity index (χ2n) is 8.73. The number of ether oxygens (including phenoxy) is 2. The van der Waals surface area contributed by atoms with Crippen LogP contribution in [0.3, 0.4) is 0 Å². The summed E-state index contributed by atoms with van der Waals surface area (Å²) in [6.07, 6.45) is 0.232. The fourth-order valence-electron chi connectivity index (χ4n) is 4.54. The average Bonchev–Trinajstić information content (AvgIpc) is 3.30. The van der Waals surface area contributed by atoms with Crippen molar-refractivity contribution in [1.29, 1.82) is 0 Å². The summed E-state index contributed by atoms with van der Waals surface area (Å²) in [5.74, 6) is 0.626. The second-order valence-corrected chi connectivity index (χ2v) is 8.73. The van der Waals surface area contributed by atoms with Crippen LogP contribution in [-0.2, 0) is 9.59 Å². The van der Waals surface area contributed by atoms with Crippen molar-refractivity contribution in [3.05, 3.63) is 54.1 Å². The lowest BCUT2D eigenvalue weighted by molar-refractivity contribution is -0.126. The number of benzene rings is 2. The fourth-order valence-corrected chi connectivity index (χ4v) is 4.54. The molecule has 1 atom stereocenters. The van der Waals surface area contributed by atoms with Crippen LogP contribution >= 0.6 is 0 Å². The Labute approximate surface area is 205 Å². The Hall–Kier alpha value is -3.59. The molecule has 9 nitrogen and oxygen atoms in total. The van der Waals surface area contributed by atoms with Crippen LogP contribution in [0.4, 0.5) is 5.69 Å². The topological polar surface area (TPSA) is 91.4 Å². The summed E-state index contributed by atoms with van der Waals surface area (Å²) < 4.78 is 10.6. The Morgan fingerprint density at radius 2 is 1.74 bits per heavy atom. The van der Waals surface area contributed by atoms with E-state index in [-0.39, 0.29) is 30.1 Å². The van der Waals surface area contributed by atoms with Crippen LogP contribution in [0.1, 0.15) is 16.8 Å². The number of anilines is 1. The fraction of sp³-hybridized carbons (Fsp3) is 0.423. The molecule has 4 rings (SSSR count). The third-order valence-electron chi connectivity index (χ3n) is 6.59. The summed E-state index contributed by atoms with van der Waals surface area (Å²) in [5.41, 5.74) is 1.34. The van der Waals surface area contributed by atoms with Gasteiger partial charge in [0.25, 0.3) is 5.91 Å². The van der Waals surface area contributed by atoms with E-state index in [1.165, 1.54) is 0 Å². The van der Waals surface area contributed by atoms with Gasteiger partial charge in [0.1, 0.15) is 11.5 Å². The van der Waals surface area contributed by atoms with Gasteiger partial charge in [-0.2, -0.15) is 0 Å². The minimum Gasteiger partial charge on any atom is -0.497 e. The van der Waals surface area contributed by atoms with Crippen LogP contribution in [0.5, 0.6) is 11.5 Å². The van der Waals surface area contributed by atoms with E-state index >= 15 is 0 Å². The van der Waals surface area contributed by atoms with Crippen molar-refractivity contribution >= 4 is 23.4 Å². The van der Waals surface area contributed by atoms with Crippen molar-refractivity contribution < 1.29 is 23.9 Å². The molecular formula is C26H32N4O5. The zero-order chi connectivity index (χ0) is 24.8. The minimum absolute atomic E-state index is 0.0226. The molecule has 2 aliphatic heterocycles. The molecule has 2 fully saturated rings. The van der Waals surface area contributed by atoms with Gasteiger partial charge in [0.2, 0.25) is 11.8 Å². The van der Waals surface area contributed by atoms with Gasteiger partial charge in [-0.3, -0.25) is 19.3 Å². The quantitative estimate of drug-likeness (QED) is 0.618. The third kappa shape index (κ3) is 5.74. The predicted octanol–water partition coefficient (Wildman–Crippen LogP) is 1.63. The van der Waals surface area contributed by atoms with E-state index in [1.807, 2.05) is 35.2 Å². The zero-order valence-electron chi connectivity index (χ0n) is 20.2. The van der Waals surface area contributed by atoms with Crippen LogP contribution in [-0.4, -0.2) is 87.6 Å². The number of hydrogen-bond acceptors (Lipinski definition) is 6. The zero-order valence-corrected chi connectivity index (χ0v) is 20.2. The molecule has 186 valence electrons. The van der Waals surface area contributed by atoms with Crippen LogP contribution in [0, 0.1) is 5.92 Å². The van der Waals surface area contributed by atoms with Gasteiger partial charge >= 0.3 is 0 Å². The number of carbonyl (C=O) groups excluding carboxylic acids is 3. The molecule has 1 unspecified atom stereocenters. The Morgan fingerprint density at radius 3 is 2.43 bits per heavy atom. The van der Waals surface area contributed by atoms with Crippen LogP contribution in [0.2, 0.25) is 0 Å². The number of para-hydroxylation sites is 1. The molecular weight excluding hydrogens is 448 g/mol. The monoisotopic (exact) mass is 480 g/mol. The molecule has 0 spiro atoms. The lowest BCUT2D eigenvalue weighted by Gasteiger charge is -2.35. The van der Waals surface area contributed by atoms with E-state index in [4.69, 9.17) is 9.47 Å². The number of rotatable bonds is 8. The van der Waals surface area contributed by atoms with Gasteiger partial charge in [-0.05, 0) is 24.3 Å². The molecule has 2 heterocycles. The van der Waals surface area contributed by atoms with Crippen LogP contribution in [0.15, 0.2) is 48.5 Å². The summed E-state index contributed by atoms with van der Waals surface area (Å²) >= 11 is 0. The van der Waals surface area contributed by atoms with Crippen molar-refractivity contribution in [2.24, 2.45) is 5.92 Å². The van der Waals surface area contributed by atoms with E-state index in [2.05, 4.69) is 10.2 Å². The van der Waals surface area contributed by atoms with Gasteiger partial charge in [-0.1, -0.05) is 18.2 Å². The first-order chi connectivity index (χ1) is 17.0. The predicted molar refractivity (Wildman–Crippen MR) is 132 cm³/mol. The van der Waals surface area contributed by atoms with Crippen molar-refractivity contribution in [2.45, 2.75) is 6.42 Å². The molecule has 35 heavy (non-hydrogen) atoms.